The largest absolute Gasteiger partial charge is 0.376 e. The van der Waals surface area contributed by atoms with Gasteiger partial charge in [0.15, 0.2) is 5.78 Å². The summed E-state index contributed by atoms with van der Waals surface area (Å²) in [5.74, 6) is 0.173. The van der Waals surface area contributed by atoms with Crippen LogP contribution in [-0.4, -0.2) is 43.0 Å². The van der Waals surface area contributed by atoms with Crippen molar-refractivity contribution in [1.82, 2.24) is 4.90 Å². The van der Waals surface area contributed by atoms with E-state index in [-0.39, 0.29) is 11.9 Å². The fraction of sp³-hybridized carbons (Fsp3) is 0.462. The van der Waals surface area contributed by atoms with Crippen LogP contribution in [0.25, 0.3) is 0 Å². The topological polar surface area (TPSA) is 29.5 Å². The second-order valence-corrected chi connectivity index (χ2v) is 5.26. The minimum atomic E-state index is 0.173. The Bertz CT molecular complexity index is 391. The molecule has 0 radical (unpaired) electrons. The Labute approximate surface area is 110 Å². The van der Waals surface area contributed by atoms with Crippen LogP contribution in [0.3, 0.4) is 0 Å². The van der Waals surface area contributed by atoms with E-state index >= 15 is 0 Å². The fourth-order valence-corrected chi connectivity index (χ4v) is 2.23. The van der Waals surface area contributed by atoms with Gasteiger partial charge in [-0.1, -0.05) is 28.1 Å². The van der Waals surface area contributed by atoms with E-state index in [0.29, 0.717) is 6.54 Å². The molecule has 92 valence electrons. The Balaban J connectivity index is 1.94. The lowest BCUT2D eigenvalue weighted by atomic mass is 10.1. The second kappa shape index (κ2) is 5.76. The molecular formula is C13H16BrNO2. The number of Topliss-reactive ketones (excluding diaryl/α,β-unsaturated/α-hetero) is 1. The average Bonchev–Trinajstić information content (AvgIpc) is 2.29. The van der Waals surface area contributed by atoms with Crippen LogP contribution in [0.1, 0.15) is 17.3 Å². The Morgan fingerprint density at radius 3 is 2.82 bits per heavy atom. The summed E-state index contributed by atoms with van der Waals surface area (Å²) >= 11 is 3.36. The number of morpholine rings is 1. The molecule has 0 bridgehead atoms. The third-order valence-electron chi connectivity index (χ3n) is 2.86. The molecule has 17 heavy (non-hydrogen) atoms. The predicted molar refractivity (Wildman–Crippen MR) is 70.3 cm³/mol. The lowest BCUT2D eigenvalue weighted by Crippen LogP contribution is -2.43. The first-order valence-electron chi connectivity index (χ1n) is 5.78. The molecule has 0 amide bonds. The zero-order valence-corrected chi connectivity index (χ0v) is 11.4. The summed E-state index contributed by atoms with van der Waals surface area (Å²) in [6, 6.07) is 7.51. The molecule has 0 saturated carbocycles. The molecule has 0 unspecified atom stereocenters. The van der Waals surface area contributed by atoms with E-state index in [9.17, 15) is 4.79 Å². The van der Waals surface area contributed by atoms with E-state index in [1.54, 1.807) is 0 Å². The van der Waals surface area contributed by atoms with E-state index in [4.69, 9.17) is 4.74 Å². The van der Waals surface area contributed by atoms with Crippen molar-refractivity contribution in [2.24, 2.45) is 0 Å². The summed E-state index contributed by atoms with van der Waals surface area (Å²) in [7, 11) is 0. The zero-order valence-electron chi connectivity index (χ0n) is 9.86. The summed E-state index contributed by atoms with van der Waals surface area (Å²) in [6.45, 7) is 4.91. The smallest absolute Gasteiger partial charge is 0.176 e. The number of carbonyl (C=O) groups is 1. The number of hydrogen-bond donors (Lipinski definition) is 0. The molecule has 1 aromatic carbocycles. The molecule has 1 saturated heterocycles. The van der Waals surface area contributed by atoms with Crippen LogP contribution in [0.15, 0.2) is 28.7 Å². The molecular weight excluding hydrogens is 282 g/mol. The molecule has 1 heterocycles. The highest BCUT2D eigenvalue weighted by Crippen LogP contribution is 2.12. The highest BCUT2D eigenvalue weighted by Gasteiger charge is 2.19. The van der Waals surface area contributed by atoms with Crippen LogP contribution in [0.5, 0.6) is 0 Å². The summed E-state index contributed by atoms with van der Waals surface area (Å²) in [6.07, 6.45) is 0.224. The molecule has 1 aliphatic rings. The van der Waals surface area contributed by atoms with Crippen molar-refractivity contribution in [1.29, 1.82) is 0 Å². The van der Waals surface area contributed by atoms with Gasteiger partial charge in [0.1, 0.15) is 0 Å². The molecule has 0 aliphatic carbocycles. The third kappa shape index (κ3) is 3.63. The van der Waals surface area contributed by atoms with E-state index in [1.165, 1.54) is 0 Å². The average molecular weight is 298 g/mol. The van der Waals surface area contributed by atoms with Crippen LogP contribution in [-0.2, 0) is 4.74 Å². The highest BCUT2D eigenvalue weighted by molar-refractivity contribution is 9.10. The number of halogens is 1. The van der Waals surface area contributed by atoms with E-state index in [2.05, 4.69) is 20.8 Å². The van der Waals surface area contributed by atoms with Gasteiger partial charge in [0, 0.05) is 23.1 Å². The van der Waals surface area contributed by atoms with Crippen molar-refractivity contribution in [2.45, 2.75) is 13.0 Å². The number of rotatable bonds is 3. The van der Waals surface area contributed by atoms with Crippen molar-refractivity contribution < 1.29 is 9.53 Å². The molecule has 0 spiro atoms. The van der Waals surface area contributed by atoms with E-state index in [1.807, 2.05) is 31.2 Å². The molecule has 1 fully saturated rings. The Morgan fingerprint density at radius 2 is 2.18 bits per heavy atom. The number of ketones is 1. The Hall–Kier alpha value is -0.710. The molecule has 1 aromatic rings. The lowest BCUT2D eigenvalue weighted by Gasteiger charge is -2.30. The van der Waals surface area contributed by atoms with Crippen LogP contribution < -0.4 is 0 Å². The Kier molecular flexibility index (Phi) is 4.31. The molecule has 1 aliphatic heterocycles. The monoisotopic (exact) mass is 297 g/mol. The minimum Gasteiger partial charge on any atom is -0.376 e. The van der Waals surface area contributed by atoms with Crippen LogP contribution in [0, 0.1) is 0 Å². The number of ether oxygens (including phenoxy) is 1. The number of carbonyl (C=O) groups excluding carboxylic acids is 1. The van der Waals surface area contributed by atoms with E-state index in [0.717, 1.165) is 29.7 Å². The SMILES string of the molecule is C[C@@H]1CN(CC(=O)c2ccc(Br)cc2)CCO1. The van der Waals surface area contributed by atoms with Crippen molar-refractivity contribution >= 4 is 21.7 Å². The first kappa shape index (κ1) is 12.7. The van der Waals surface area contributed by atoms with Gasteiger partial charge in [0.25, 0.3) is 0 Å². The molecule has 2 rings (SSSR count). The lowest BCUT2D eigenvalue weighted by molar-refractivity contribution is -0.0158. The number of hydrogen-bond acceptors (Lipinski definition) is 3. The minimum absolute atomic E-state index is 0.173. The van der Waals surface area contributed by atoms with E-state index < -0.39 is 0 Å². The molecule has 0 N–H and O–H groups in total. The maximum absolute atomic E-state index is 12.0. The Morgan fingerprint density at radius 1 is 1.47 bits per heavy atom. The maximum atomic E-state index is 12.0. The number of benzene rings is 1. The van der Waals surface area contributed by atoms with Crippen molar-refractivity contribution in [3.8, 4) is 0 Å². The molecule has 0 aromatic heterocycles. The van der Waals surface area contributed by atoms with Crippen molar-refractivity contribution in [3.63, 3.8) is 0 Å². The van der Waals surface area contributed by atoms with Crippen molar-refractivity contribution in [2.75, 3.05) is 26.2 Å². The van der Waals surface area contributed by atoms with Crippen molar-refractivity contribution in [3.05, 3.63) is 34.3 Å². The summed E-state index contributed by atoms with van der Waals surface area (Å²) in [5, 5.41) is 0. The van der Waals surface area contributed by atoms with Gasteiger partial charge in [-0.3, -0.25) is 9.69 Å². The highest BCUT2D eigenvalue weighted by atomic mass is 79.9. The summed E-state index contributed by atoms with van der Waals surface area (Å²) < 4.78 is 6.45. The van der Waals surface area contributed by atoms with Crippen LogP contribution in [0.4, 0.5) is 0 Å². The number of nitrogens with zero attached hydrogens (tertiary/aromatic N) is 1. The van der Waals surface area contributed by atoms with Gasteiger partial charge < -0.3 is 4.74 Å². The molecule has 4 heteroatoms. The van der Waals surface area contributed by atoms with Crippen LogP contribution in [0.2, 0.25) is 0 Å². The first-order chi connectivity index (χ1) is 8.15. The maximum Gasteiger partial charge on any atom is 0.176 e. The first-order valence-corrected chi connectivity index (χ1v) is 6.57. The second-order valence-electron chi connectivity index (χ2n) is 4.35. The van der Waals surface area contributed by atoms with Gasteiger partial charge in [-0.25, -0.2) is 0 Å². The van der Waals surface area contributed by atoms with Gasteiger partial charge in [-0.05, 0) is 19.1 Å². The molecule has 3 nitrogen and oxygen atoms in total. The van der Waals surface area contributed by atoms with Gasteiger partial charge >= 0.3 is 0 Å². The van der Waals surface area contributed by atoms with Gasteiger partial charge in [0.2, 0.25) is 0 Å². The summed E-state index contributed by atoms with van der Waals surface area (Å²) in [4.78, 5) is 14.2. The fourth-order valence-electron chi connectivity index (χ4n) is 1.96. The quantitative estimate of drug-likeness (QED) is 0.802. The summed E-state index contributed by atoms with van der Waals surface area (Å²) in [5.41, 5.74) is 0.771. The third-order valence-corrected chi connectivity index (χ3v) is 3.39. The van der Waals surface area contributed by atoms with Gasteiger partial charge in [-0.2, -0.15) is 0 Å². The zero-order chi connectivity index (χ0) is 12.3. The molecule has 1 atom stereocenters. The van der Waals surface area contributed by atoms with Gasteiger partial charge in [-0.15, -0.1) is 0 Å². The standard InChI is InChI=1S/C13H16BrNO2/c1-10-8-15(6-7-17-10)9-13(16)11-2-4-12(14)5-3-11/h2-5,10H,6-9H2,1H3/t10-/m1/s1. The normalized spacial score (nSPS) is 21.4. The van der Waals surface area contributed by atoms with Crippen LogP contribution >= 0.6 is 15.9 Å². The predicted octanol–water partition coefficient (Wildman–Crippen LogP) is 2.35. The van der Waals surface area contributed by atoms with Gasteiger partial charge in [0.05, 0.1) is 19.3 Å².